The van der Waals surface area contributed by atoms with Crippen molar-refractivity contribution in [3.63, 3.8) is 0 Å². The molecule has 1 saturated carbocycles. The summed E-state index contributed by atoms with van der Waals surface area (Å²) in [5, 5.41) is 8.85. The molecule has 1 N–H and O–H groups in total. The summed E-state index contributed by atoms with van der Waals surface area (Å²) in [6.07, 6.45) is 4.85. The van der Waals surface area contributed by atoms with E-state index in [-0.39, 0.29) is 6.54 Å². The van der Waals surface area contributed by atoms with E-state index in [2.05, 4.69) is 16.8 Å². The van der Waals surface area contributed by atoms with E-state index < -0.39 is 5.97 Å². The maximum Gasteiger partial charge on any atom is 0.317 e. The summed E-state index contributed by atoms with van der Waals surface area (Å²) in [6.45, 7) is 2.32. The third-order valence-corrected chi connectivity index (χ3v) is 3.52. The number of carboxylic acids is 1. The normalized spacial score (nSPS) is 27.5. The Balaban J connectivity index is 1.85. The Morgan fingerprint density at radius 3 is 2.67 bits per heavy atom. The van der Waals surface area contributed by atoms with Gasteiger partial charge in [-0.1, -0.05) is 0 Å². The van der Waals surface area contributed by atoms with Gasteiger partial charge >= 0.3 is 5.97 Å². The lowest BCUT2D eigenvalue weighted by molar-refractivity contribution is -0.138. The van der Waals surface area contributed by atoms with Gasteiger partial charge in [0, 0.05) is 18.6 Å². The van der Waals surface area contributed by atoms with Gasteiger partial charge < -0.3 is 10.0 Å². The Morgan fingerprint density at radius 1 is 1.47 bits per heavy atom. The summed E-state index contributed by atoms with van der Waals surface area (Å²) in [5.41, 5.74) is 0. The third kappa shape index (κ3) is 2.92. The first-order valence-corrected chi connectivity index (χ1v) is 5.83. The monoisotopic (exact) mass is 212 g/mol. The molecule has 1 unspecified atom stereocenters. The quantitative estimate of drug-likeness (QED) is 0.726. The molecule has 15 heavy (non-hydrogen) atoms. The van der Waals surface area contributed by atoms with E-state index >= 15 is 0 Å². The number of aliphatic carboxylic acids is 1. The molecule has 1 aliphatic heterocycles. The van der Waals surface area contributed by atoms with Crippen molar-refractivity contribution in [2.75, 3.05) is 26.7 Å². The summed E-state index contributed by atoms with van der Waals surface area (Å²) >= 11 is 0. The largest absolute Gasteiger partial charge is 0.480 e. The van der Waals surface area contributed by atoms with Gasteiger partial charge in [-0.25, -0.2) is 0 Å². The topological polar surface area (TPSA) is 43.8 Å². The minimum atomic E-state index is -0.692. The van der Waals surface area contributed by atoms with Gasteiger partial charge in [0.05, 0.1) is 6.54 Å². The van der Waals surface area contributed by atoms with Crippen molar-refractivity contribution in [1.82, 2.24) is 9.80 Å². The molecule has 0 aromatic carbocycles. The number of carbonyl (C=O) groups is 1. The van der Waals surface area contributed by atoms with Gasteiger partial charge in [0.2, 0.25) is 0 Å². The molecule has 4 nitrogen and oxygen atoms in total. The lowest BCUT2D eigenvalue weighted by Gasteiger charge is -2.27. The second-order valence-electron chi connectivity index (χ2n) is 4.83. The third-order valence-electron chi connectivity index (χ3n) is 3.52. The van der Waals surface area contributed by atoms with Gasteiger partial charge in [-0.2, -0.15) is 0 Å². The van der Waals surface area contributed by atoms with Crippen LogP contribution in [0.2, 0.25) is 0 Å². The highest BCUT2D eigenvalue weighted by Gasteiger charge is 2.33. The number of carboxylic acid groups (broad SMARTS) is 1. The Bertz CT molecular complexity index is 241. The zero-order valence-corrected chi connectivity index (χ0v) is 9.35. The number of hydrogen-bond donors (Lipinski definition) is 1. The minimum absolute atomic E-state index is 0.217. The maximum atomic E-state index is 10.7. The molecule has 0 bridgehead atoms. The fourth-order valence-corrected chi connectivity index (χ4v) is 2.44. The molecule has 1 aliphatic carbocycles. The SMILES string of the molecule is CN1CCCC1CN(CC(=O)O)C1CC1. The lowest BCUT2D eigenvalue weighted by Crippen LogP contribution is -2.42. The van der Waals surface area contributed by atoms with E-state index in [1.54, 1.807) is 0 Å². The average Bonchev–Trinajstić information content (AvgIpc) is 2.92. The first kappa shape index (κ1) is 10.9. The minimum Gasteiger partial charge on any atom is -0.480 e. The molecule has 1 atom stereocenters. The van der Waals surface area contributed by atoms with E-state index in [0.29, 0.717) is 12.1 Å². The molecule has 0 aromatic rings. The first-order chi connectivity index (χ1) is 7.16. The van der Waals surface area contributed by atoms with Crippen LogP contribution in [0.3, 0.4) is 0 Å². The highest BCUT2D eigenvalue weighted by molar-refractivity contribution is 5.69. The summed E-state index contributed by atoms with van der Waals surface area (Å²) < 4.78 is 0. The van der Waals surface area contributed by atoms with Crippen molar-refractivity contribution in [3.05, 3.63) is 0 Å². The zero-order valence-electron chi connectivity index (χ0n) is 9.35. The molecule has 86 valence electrons. The van der Waals surface area contributed by atoms with Crippen molar-refractivity contribution in [2.45, 2.75) is 37.8 Å². The maximum absolute atomic E-state index is 10.7. The molecule has 0 radical (unpaired) electrons. The van der Waals surface area contributed by atoms with Crippen LogP contribution in [0.5, 0.6) is 0 Å². The number of nitrogens with zero attached hydrogens (tertiary/aromatic N) is 2. The van der Waals surface area contributed by atoms with Crippen LogP contribution < -0.4 is 0 Å². The van der Waals surface area contributed by atoms with Crippen LogP contribution in [0, 0.1) is 0 Å². The van der Waals surface area contributed by atoms with Gasteiger partial charge in [-0.15, -0.1) is 0 Å². The fourth-order valence-electron chi connectivity index (χ4n) is 2.44. The van der Waals surface area contributed by atoms with Crippen LogP contribution in [0.25, 0.3) is 0 Å². The molecular weight excluding hydrogens is 192 g/mol. The van der Waals surface area contributed by atoms with Crippen molar-refractivity contribution < 1.29 is 9.90 Å². The molecular formula is C11H20N2O2. The predicted octanol–water partition coefficient (Wildman–Crippen LogP) is 0.630. The summed E-state index contributed by atoms with van der Waals surface area (Å²) in [6, 6.07) is 1.13. The predicted molar refractivity (Wildman–Crippen MR) is 57.9 cm³/mol. The molecule has 2 rings (SSSR count). The van der Waals surface area contributed by atoms with Crippen LogP contribution >= 0.6 is 0 Å². The Morgan fingerprint density at radius 2 is 2.20 bits per heavy atom. The Kier molecular flexibility index (Phi) is 3.26. The number of likely N-dealkylation sites (tertiary alicyclic amines) is 1. The number of likely N-dealkylation sites (N-methyl/N-ethyl adjacent to an activating group) is 1. The molecule has 0 amide bonds. The summed E-state index contributed by atoms with van der Waals surface area (Å²) in [5.74, 6) is -0.692. The van der Waals surface area contributed by atoms with E-state index in [4.69, 9.17) is 5.11 Å². The second-order valence-corrected chi connectivity index (χ2v) is 4.83. The summed E-state index contributed by atoms with van der Waals surface area (Å²) in [4.78, 5) is 15.2. The number of rotatable bonds is 5. The second kappa shape index (κ2) is 4.49. The van der Waals surface area contributed by atoms with E-state index in [0.717, 1.165) is 13.1 Å². The smallest absolute Gasteiger partial charge is 0.317 e. The van der Waals surface area contributed by atoms with Crippen LogP contribution in [-0.2, 0) is 4.79 Å². The highest BCUT2D eigenvalue weighted by atomic mass is 16.4. The van der Waals surface area contributed by atoms with Crippen molar-refractivity contribution in [1.29, 1.82) is 0 Å². The van der Waals surface area contributed by atoms with Crippen molar-refractivity contribution in [2.24, 2.45) is 0 Å². The molecule has 0 spiro atoms. The van der Waals surface area contributed by atoms with Gasteiger partial charge in [-0.3, -0.25) is 9.69 Å². The summed E-state index contributed by atoms with van der Waals surface area (Å²) in [7, 11) is 2.14. The van der Waals surface area contributed by atoms with Crippen LogP contribution in [0.15, 0.2) is 0 Å². The molecule has 4 heteroatoms. The van der Waals surface area contributed by atoms with Crippen molar-refractivity contribution >= 4 is 5.97 Å². The van der Waals surface area contributed by atoms with Gasteiger partial charge in [0.25, 0.3) is 0 Å². The molecule has 1 saturated heterocycles. The van der Waals surface area contributed by atoms with Crippen LogP contribution in [0.1, 0.15) is 25.7 Å². The highest BCUT2D eigenvalue weighted by Crippen LogP contribution is 2.28. The van der Waals surface area contributed by atoms with Gasteiger partial charge in [-0.05, 0) is 39.3 Å². The molecule has 0 aromatic heterocycles. The Hall–Kier alpha value is -0.610. The standard InChI is InChI=1S/C11H20N2O2/c1-12-6-2-3-10(12)7-13(8-11(14)15)9-4-5-9/h9-10H,2-8H2,1H3,(H,14,15). The van der Waals surface area contributed by atoms with Crippen LogP contribution in [0.4, 0.5) is 0 Å². The van der Waals surface area contributed by atoms with E-state index in [1.165, 1.54) is 25.7 Å². The molecule has 2 fully saturated rings. The molecule has 2 aliphatic rings. The van der Waals surface area contributed by atoms with E-state index in [9.17, 15) is 4.79 Å². The fraction of sp³-hybridized carbons (Fsp3) is 0.909. The first-order valence-electron chi connectivity index (χ1n) is 5.83. The molecule has 1 heterocycles. The number of hydrogen-bond acceptors (Lipinski definition) is 3. The van der Waals surface area contributed by atoms with Crippen LogP contribution in [-0.4, -0.2) is 59.6 Å². The average molecular weight is 212 g/mol. The Labute approximate surface area is 90.9 Å². The van der Waals surface area contributed by atoms with Gasteiger partial charge in [0.1, 0.15) is 0 Å². The zero-order chi connectivity index (χ0) is 10.8. The van der Waals surface area contributed by atoms with Crippen molar-refractivity contribution in [3.8, 4) is 0 Å². The van der Waals surface area contributed by atoms with E-state index in [1.807, 2.05) is 0 Å². The van der Waals surface area contributed by atoms with Gasteiger partial charge in [0.15, 0.2) is 0 Å². The lowest BCUT2D eigenvalue weighted by atomic mass is 10.2.